The molecule has 12 heteroatoms. The molecule has 0 spiro atoms. The van der Waals surface area contributed by atoms with Gasteiger partial charge in [0.15, 0.2) is 5.13 Å². The second kappa shape index (κ2) is 13.6. The van der Waals surface area contributed by atoms with Crippen LogP contribution in [0.2, 0.25) is 0 Å². The van der Waals surface area contributed by atoms with Gasteiger partial charge >= 0.3 is 5.97 Å². The van der Waals surface area contributed by atoms with Crippen molar-refractivity contribution in [1.29, 1.82) is 0 Å². The Morgan fingerprint density at radius 1 is 1.19 bits per heavy atom. The van der Waals surface area contributed by atoms with Crippen LogP contribution in [0.1, 0.15) is 64.2 Å². The Hall–Kier alpha value is -3.64. The Balaban J connectivity index is 1.66. The molecule has 3 rings (SSSR count). The van der Waals surface area contributed by atoms with E-state index in [1.165, 1.54) is 0 Å². The van der Waals surface area contributed by atoms with E-state index in [9.17, 15) is 14.4 Å². The van der Waals surface area contributed by atoms with Crippen LogP contribution in [0.3, 0.4) is 0 Å². The molecular weight excluding hydrogens is 496 g/mol. The van der Waals surface area contributed by atoms with E-state index in [4.69, 9.17) is 9.26 Å². The fraction of sp³-hybridized carbons (Fsp3) is 0.440. The van der Waals surface area contributed by atoms with Crippen molar-refractivity contribution in [3.63, 3.8) is 0 Å². The minimum absolute atomic E-state index is 0.0490. The lowest BCUT2D eigenvalue weighted by molar-refractivity contribution is -0.116. The number of amides is 2. The molecule has 3 N–H and O–H groups in total. The largest absolute Gasteiger partial charge is 0.461 e. The van der Waals surface area contributed by atoms with Crippen LogP contribution in [0.5, 0.6) is 0 Å². The fourth-order valence-electron chi connectivity index (χ4n) is 3.53. The maximum atomic E-state index is 13.0. The van der Waals surface area contributed by atoms with Gasteiger partial charge in [-0.25, -0.2) is 9.78 Å². The Morgan fingerprint density at radius 2 is 2.00 bits per heavy atom. The zero-order valence-electron chi connectivity index (χ0n) is 21.4. The van der Waals surface area contributed by atoms with Gasteiger partial charge in [0.1, 0.15) is 4.88 Å². The minimum atomic E-state index is -0.451. The normalized spacial score (nSPS) is 11.7. The van der Waals surface area contributed by atoms with Crippen LogP contribution < -0.4 is 16.0 Å². The van der Waals surface area contributed by atoms with Gasteiger partial charge in [-0.2, -0.15) is 4.98 Å². The molecule has 0 aliphatic heterocycles. The van der Waals surface area contributed by atoms with E-state index >= 15 is 0 Å². The van der Waals surface area contributed by atoms with E-state index in [-0.39, 0.29) is 18.2 Å². The van der Waals surface area contributed by atoms with Crippen LogP contribution in [-0.4, -0.2) is 59.1 Å². The maximum Gasteiger partial charge on any atom is 0.350 e. The Morgan fingerprint density at radius 3 is 2.70 bits per heavy atom. The van der Waals surface area contributed by atoms with E-state index in [2.05, 4.69) is 31.1 Å². The Kier molecular flexibility index (Phi) is 10.3. The summed E-state index contributed by atoms with van der Waals surface area (Å²) in [7, 11) is 1.85. The van der Waals surface area contributed by atoms with Gasteiger partial charge in [0, 0.05) is 30.5 Å². The number of hydrogen-bond acceptors (Lipinski definition) is 10. The number of aromatic nitrogens is 3. The number of anilines is 1. The molecule has 0 unspecified atom stereocenters. The quantitative estimate of drug-likeness (QED) is 0.224. The second-order valence-corrected chi connectivity index (χ2v) is 9.45. The molecule has 2 heterocycles. The molecule has 2 aromatic heterocycles. The summed E-state index contributed by atoms with van der Waals surface area (Å²) in [6.07, 6.45) is 2.12. The minimum Gasteiger partial charge on any atom is -0.461 e. The molecule has 0 fully saturated rings. The van der Waals surface area contributed by atoms with E-state index in [1.807, 2.05) is 14.0 Å². The first kappa shape index (κ1) is 27.9. The number of esters is 1. The smallest absolute Gasteiger partial charge is 0.350 e. The summed E-state index contributed by atoms with van der Waals surface area (Å²) in [6, 6.07) is 6.50. The second-order valence-electron chi connectivity index (χ2n) is 8.46. The van der Waals surface area contributed by atoms with Crippen molar-refractivity contribution < 1.29 is 23.6 Å². The van der Waals surface area contributed by atoms with Crippen molar-refractivity contribution in [2.24, 2.45) is 0 Å². The van der Waals surface area contributed by atoms with Crippen molar-refractivity contribution >= 4 is 34.3 Å². The van der Waals surface area contributed by atoms with E-state index in [0.29, 0.717) is 51.6 Å². The van der Waals surface area contributed by atoms with E-state index in [0.717, 1.165) is 30.7 Å². The third-order valence-electron chi connectivity index (χ3n) is 5.32. The fourth-order valence-corrected chi connectivity index (χ4v) is 4.41. The molecule has 1 atom stereocenters. The van der Waals surface area contributed by atoms with Crippen molar-refractivity contribution in [1.82, 2.24) is 25.8 Å². The molecular formula is C25H32N6O5S. The molecule has 0 aliphatic rings. The molecule has 3 aromatic rings. The summed E-state index contributed by atoms with van der Waals surface area (Å²) in [4.78, 5) is 46.9. The SMILES string of the molecule is CCCOC(=O)c1sc(NC(=O)C[C@H](CCCNC)NC(=O)c2cccc(-c3noc(C)n3)c2)nc1C. The third kappa shape index (κ3) is 8.19. The maximum absolute atomic E-state index is 13.0. The molecule has 198 valence electrons. The van der Waals surface area contributed by atoms with E-state index < -0.39 is 12.0 Å². The zero-order chi connectivity index (χ0) is 26.8. The van der Waals surface area contributed by atoms with Crippen LogP contribution in [0.15, 0.2) is 28.8 Å². The van der Waals surface area contributed by atoms with Gasteiger partial charge < -0.3 is 25.2 Å². The predicted octanol–water partition coefficient (Wildman–Crippen LogP) is 3.50. The number of aryl methyl sites for hydroxylation is 2. The highest BCUT2D eigenvalue weighted by atomic mass is 32.1. The van der Waals surface area contributed by atoms with E-state index in [1.54, 1.807) is 38.1 Å². The molecule has 0 radical (unpaired) electrons. The Labute approximate surface area is 219 Å². The molecule has 11 nitrogen and oxygen atoms in total. The number of nitrogens with zero attached hydrogens (tertiary/aromatic N) is 3. The number of benzene rings is 1. The van der Waals surface area contributed by atoms with Crippen molar-refractivity contribution in [2.45, 2.75) is 52.5 Å². The third-order valence-corrected chi connectivity index (χ3v) is 6.38. The molecule has 1 aromatic carbocycles. The number of nitrogens with one attached hydrogen (secondary N) is 3. The van der Waals surface area contributed by atoms with Crippen LogP contribution in [-0.2, 0) is 9.53 Å². The summed E-state index contributed by atoms with van der Waals surface area (Å²) in [6.45, 7) is 6.37. The number of carbonyl (C=O) groups is 3. The Bertz CT molecular complexity index is 1220. The summed E-state index contributed by atoms with van der Waals surface area (Å²) in [5.74, 6) is -0.245. The average molecular weight is 529 g/mol. The average Bonchev–Trinajstić information content (AvgIpc) is 3.47. The number of thiazole rings is 1. The van der Waals surface area contributed by atoms with Gasteiger partial charge in [-0.15, -0.1) is 0 Å². The van der Waals surface area contributed by atoms with Gasteiger partial charge in [-0.05, 0) is 51.9 Å². The molecule has 37 heavy (non-hydrogen) atoms. The van der Waals surface area contributed by atoms with Crippen molar-refractivity contribution in [3.05, 3.63) is 46.3 Å². The summed E-state index contributed by atoms with van der Waals surface area (Å²) < 4.78 is 10.2. The number of hydrogen-bond donors (Lipinski definition) is 3. The highest BCUT2D eigenvalue weighted by Crippen LogP contribution is 2.24. The van der Waals surface area contributed by atoms with Crippen LogP contribution in [0.4, 0.5) is 5.13 Å². The van der Waals surface area contributed by atoms with Gasteiger partial charge in [0.2, 0.25) is 17.6 Å². The molecule has 0 saturated heterocycles. The van der Waals surface area contributed by atoms with Crippen molar-refractivity contribution in [3.8, 4) is 11.4 Å². The van der Waals surface area contributed by atoms with Gasteiger partial charge in [-0.3, -0.25) is 9.59 Å². The lowest BCUT2D eigenvalue weighted by Crippen LogP contribution is -2.38. The molecule has 0 aliphatic carbocycles. The highest BCUT2D eigenvalue weighted by Gasteiger charge is 2.21. The lowest BCUT2D eigenvalue weighted by atomic mass is 10.1. The first-order chi connectivity index (χ1) is 17.8. The molecule has 0 saturated carbocycles. The predicted molar refractivity (Wildman–Crippen MR) is 140 cm³/mol. The number of ether oxygens (including phenoxy) is 1. The van der Waals surface area contributed by atoms with Crippen molar-refractivity contribution in [2.75, 3.05) is 25.5 Å². The van der Waals surface area contributed by atoms with Crippen LogP contribution in [0, 0.1) is 13.8 Å². The monoisotopic (exact) mass is 528 g/mol. The zero-order valence-corrected chi connectivity index (χ0v) is 22.2. The number of carbonyl (C=O) groups excluding carboxylic acids is 3. The first-order valence-electron chi connectivity index (χ1n) is 12.1. The topological polar surface area (TPSA) is 148 Å². The van der Waals surface area contributed by atoms with Gasteiger partial charge in [0.05, 0.1) is 12.3 Å². The summed E-state index contributed by atoms with van der Waals surface area (Å²) >= 11 is 1.07. The highest BCUT2D eigenvalue weighted by molar-refractivity contribution is 7.17. The molecule has 2 amide bonds. The number of rotatable bonds is 13. The van der Waals surface area contributed by atoms with Crippen LogP contribution >= 0.6 is 11.3 Å². The van der Waals surface area contributed by atoms with Gasteiger partial charge in [-0.1, -0.05) is 35.5 Å². The standard InChI is InChI=1S/C25H32N6O5S/c1-5-12-35-24(34)21-15(2)27-25(37-21)30-20(32)14-19(10-7-11-26-4)29-23(33)18-9-6-8-17(13-18)22-28-16(3)36-31-22/h6,8-9,13,19,26H,5,7,10-12,14H2,1-4H3,(H,29,33)(H,27,30,32)/t19-/m0/s1. The van der Waals surface area contributed by atoms with Crippen LogP contribution in [0.25, 0.3) is 11.4 Å². The molecule has 0 bridgehead atoms. The first-order valence-corrected chi connectivity index (χ1v) is 12.9. The summed E-state index contributed by atoms with van der Waals surface area (Å²) in [5, 5.41) is 13.0. The lowest BCUT2D eigenvalue weighted by Gasteiger charge is -2.18. The summed E-state index contributed by atoms with van der Waals surface area (Å²) in [5.41, 5.74) is 1.57. The van der Waals surface area contributed by atoms with Gasteiger partial charge in [0.25, 0.3) is 5.91 Å².